The monoisotopic (exact) mass is 266 g/mol. The number of anilines is 1. The van der Waals surface area contributed by atoms with E-state index in [-0.39, 0.29) is 0 Å². The molecule has 0 bridgehead atoms. The maximum Gasteiger partial charge on any atom is 0.206 e. The molecule has 0 saturated carbocycles. The van der Waals surface area contributed by atoms with Crippen LogP contribution in [0, 0.1) is 12.8 Å². The van der Waals surface area contributed by atoms with Gasteiger partial charge in [-0.3, -0.25) is 0 Å². The molecule has 1 saturated heterocycles. The van der Waals surface area contributed by atoms with Gasteiger partial charge in [-0.1, -0.05) is 0 Å². The van der Waals surface area contributed by atoms with Gasteiger partial charge >= 0.3 is 0 Å². The van der Waals surface area contributed by atoms with Gasteiger partial charge in [-0.2, -0.15) is 0 Å². The molecule has 1 aromatic rings. The van der Waals surface area contributed by atoms with Gasteiger partial charge in [0, 0.05) is 26.4 Å². The summed E-state index contributed by atoms with van der Waals surface area (Å²) in [6, 6.07) is 0.313. The van der Waals surface area contributed by atoms with Crippen molar-refractivity contribution in [2.75, 3.05) is 38.3 Å². The number of imidazole rings is 1. The molecule has 2 heterocycles. The molecule has 1 atom stereocenters. The molecule has 2 N–H and O–H groups in total. The third kappa shape index (κ3) is 3.28. The first kappa shape index (κ1) is 14.3. The summed E-state index contributed by atoms with van der Waals surface area (Å²) < 4.78 is 7.50. The predicted octanol–water partition coefficient (Wildman–Crippen LogP) is 1.57. The number of ether oxygens (including phenoxy) is 1. The number of piperidine rings is 1. The predicted molar refractivity (Wildman–Crippen MR) is 77.5 cm³/mol. The summed E-state index contributed by atoms with van der Waals surface area (Å²) in [5.74, 6) is 1.76. The zero-order valence-electron chi connectivity index (χ0n) is 12.3. The average Bonchev–Trinajstić information content (AvgIpc) is 2.81. The molecule has 1 aromatic heterocycles. The highest BCUT2D eigenvalue weighted by Gasteiger charge is 2.23. The first-order valence-corrected chi connectivity index (χ1v) is 7.15. The molecule has 0 amide bonds. The highest BCUT2D eigenvalue weighted by Crippen LogP contribution is 2.25. The Balaban J connectivity index is 2.11. The van der Waals surface area contributed by atoms with E-state index < -0.39 is 0 Å². The topological polar surface area (TPSA) is 56.3 Å². The molecular weight excluding hydrogens is 240 g/mol. The Morgan fingerprint density at radius 1 is 1.47 bits per heavy atom. The first-order chi connectivity index (χ1) is 9.15. The number of nitrogens with two attached hydrogens (primary N) is 1. The Kier molecular flexibility index (Phi) is 4.82. The maximum absolute atomic E-state index is 5.75. The summed E-state index contributed by atoms with van der Waals surface area (Å²) in [6.07, 6.45) is 4.45. The molecule has 5 nitrogen and oxygen atoms in total. The molecule has 19 heavy (non-hydrogen) atoms. The summed E-state index contributed by atoms with van der Waals surface area (Å²) in [6.45, 7) is 7.84. The zero-order valence-corrected chi connectivity index (χ0v) is 12.3. The van der Waals surface area contributed by atoms with Crippen LogP contribution in [0.4, 0.5) is 5.95 Å². The quantitative estimate of drug-likeness (QED) is 0.879. The Bertz CT molecular complexity index is 396. The molecule has 0 aromatic carbocycles. The normalized spacial score (nSPS) is 18.8. The van der Waals surface area contributed by atoms with E-state index in [2.05, 4.69) is 22.6 Å². The number of aryl methyl sites for hydroxylation is 1. The van der Waals surface area contributed by atoms with Gasteiger partial charge in [-0.05, 0) is 39.2 Å². The van der Waals surface area contributed by atoms with Gasteiger partial charge in [0.05, 0.1) is 18.3 Å². The smallest absolute Gasteiger partial charge is 0.206 e. The zero-order chi connectivity index (χ0) is 13.8. The third-order valence-electron chi connectivity index (χ3n) is 3.95. The van der Waals surface area contributed by atoms with Crippen LogP contribution in [0.2, 0.25) is 0 Å². The van der Waals surface area contributed by atoms with Crippen LogP contribution in [-0.2, 0) is 4.74 Å². The minimum Gasteiger partial charge on any atom is -0.383 e. The Morgan fingerprint density at radius 2 is 2.16 bits per heavy atom. The van der Waals surface area contributed by atoms with Crippen molar-refractivity contribution in [2.24, 2.45) is 11.7 Å². The molecule has 0 spiro atoms. The van der Waals surface area contributed by atoms with Crippen LogP contribution in [-0.4, -0.2) is 42.9 Å². The van der Waals surface area contributed by atoms with Crippen LogP contribution in [0.1, 0.15) is 31.5 Å². The Hall–Kier alpha value is -1.07. The van der Waals surface area contributed by atoms with Gasteiger partial charge in [0.25, 0.3) is 0 Å². The van der Waals surface area contributed by atoms with Gasteiger partial charge in [-0.25, -0.2) is 4.98 Å². The fourth-order valence-electron chi connectivity index (χ4n) is 2.75. The summed E-state index contributed by atoms with van der Waals surface area (Å²) in [7, 11) is 1.74. The van der Waals surface area contributed by atoms with Crippen molar-refractivity contribution in [2.45, 2.75) is 32.7 Å². The van der Waals surface area contributed by atoms with E-state index in [0.29, 0.717) is 18.6 Å². The van der Waals surface area contributed by atoms with Crippen LogP contribution in [0.25, 0.3) is 0 Å². The van der Waals surface area contributed by atoms with Crippen LogP contribution in [0.3, 0.4) is 0 Å². The second kappa shape index (κ2) is 6.39. The Labute approximate surface area is 115 Å². The largest absolute Gasteiger partial charge is 0.383 e. The van der Waals surface area contributed by atoms with E-state index in [1.165, 1.54) is 12.8 Å². The fraction of sp³-hybridized carbons (Fsp3) is 0.786. The van der Waals surface area contributed by atoms with Crippen molar-refractivity contribution < 1.29 is 4.74 Å². The SMILES string of the molecule is COCC(C)n1cc(C)nc1N1CCC(CN)CC1. The number of hydrogen-bond donors (Lipinski definition) is 1. The van der Waals surface area contributed by atoms with Gasteiger partial charge < -0.3 is 19.9 Å². The van der Waals surface area contributed by atoms with Crippen LogP contribution in [0.15, 0.2) is 6.20 Å². The lowest BCUT2D eigenvalue weighted by atomic mass is 9.97. The highest BCUT2D eigenvalue weighted by molar-refractivity contribution is 5.34. The molecule has 1 fully saturated rings. The second-order valence-corrected chi connectivity index (χ2v) is 5.56. The summed E-state index contributed by atoms with van der Waals surface area (Å²) in [5.41, 5.74) is 6.82. The molecule has 2 rings (SSSR count). The number of hydrogen-bond acceptors (Lipinski definition) is 4. The Morgan fingerprint density at radius 3 is 2.74 bits per heavy atom. The second-order valence-electron chi connectivity index (χ2n) is 5.56. The van der Waals surface area contributed by atoms with Crippen LogP contribution in [0.5, 0.6) is 0 Å². The minimum absolute atomic E-state index is 0.313. The first-order valence-electron chi connectivity index (χ1n) is 7.15. The number of methoxy groups -OCH3 is 1. The summed E-state index contributed by atoms with van der Waals surface area (Å²) >= 11 is 0. The van der Waals surface area contributed by atoms with E-state index in [1.807, 2.05) is 6.92 Å². The minimum atomic E-state index is 0.313. The third-order valence-corrected chi connectivity index (χ3v) is 3.95. The van der Waals surface area contributed by atoms with Crippen molar-refractivity contribution in [1.82, 2.24) is 9.55 Å². The molecule has 1 aliphatic heterocycles. The number of aromatic nitrogens is 2. The van der Waals surface area contributed by atoms with Crippen molar-refractivity contribution in [3.63, 3.8) is 0 Å². The van der Waals surface area contributed by atoms with E-state index in [0.717, 1.165) is 31.3 Å². The average molecular weight is 266 g/mol. The number of rotatable bonds is 5. The van der Waals surface area contributed by atoms with Gasteiger partial charge in [0.2, 0.25) is 5.95 Å². The lowest BCUT2D eigenvalue weighted by Crippen LogP contribution is -2.38. The van der Waals surface area contributed by atoms with Crippen molar-refractivity contribution in [3.05, 3.63) is 11.9 Å². The fourth-order valence-corrected chi connectivity index (χ4v) is 2.75. The van der Waals surface area contributed by atoms with E-state index >= 15 is 0 Å². The molecule has 0 radical (unpaired) electrons. The van der Waals surface area contributed by atoms with Crippen LogP contribution < -0.4 is 10.6 Å². The maximum atomic E-state index is 5.75. The van der Waals surface area contributed by atoms with Crippen molar-refractivity contribution in [3.8, 4) is 0 Å². The summed E-state index contributed by atoms with van der Waals surface area (Å²) in [5, 5.41) is 0. The molecule has 108 valence electrons. The van der Waals surface area contributed by atoms with E-state index in [9.17, 15) is 0 Å². The van der Waals surface area contributed by atoms with Crippen LogP contribution >= 0.6 is 0 Å². The summed E-state index contributed by atoms with van der Waals surface area (Å²) in [4.78, 5) is 7.07. The van der Waals surface area contributed by atoms with E-state index in [4.69, 9.17) is 15.5 Å². The molecule has 5 heteroatoms. The molecular formula is C14H26N4O. The van der Waals surface area contributed by atoms with E-state index in [1.54, 1.807) is 7.11 Å². The van der Waals surface area contributed by atoms with Gasteiger partial charge in [-0.15, -0.1) is 0 Å². The lowest BCUT2D eigenvalue weighted by Gasteiger charge is -2.33. The molecule has 1 aliphatic rings. The highest BCUT2D eigenvalue weighted by atomic mass is 16.5. The standard InChI is InChI=1S/C14H26N4O/c1-11-9-18(12(2)10-19-3)14(16-11)17-6-4-13(8-15)5-7-17/h9,12-13H,4-8,10,15H2,1-3H3. The van der Waals surface area contributed by atoms with Crippen molar-refractivity contribution in [1.29, 1.82) is 0 Å². The van der Waals surface area contributed by atoms with Gasteiger partial charge in [0.15, 0.2) is 0 Å². The molecule has 1 unspecified atom stereocenters. The van der Waals surface area contributed by atoms with Gasteiger partial charge in [0.1, 0.15) is 0 Å². The number of nitrogens with zero attached hydrogens (tertiary/aromatic N) is 3. The molecule has 0 aliphatic carbocycles. The lowest BCUT2D eigenvalue weighted by molar-refractivity contribution is 0.162. The van der Waals surface area contributed by atoms with Crippen molar-refractivity contribution >= 4 is 5.95 Å².